The molecule has 2 aliphatic heterocycles. The van der Waals surface area contributed by atoms with E-state index in [-0.39, 0.29) is 7.43 Å². The molecule has 26 heavy (non-hydrogen) atoms. The number of nitrogens with one attached hydrogen (secondary N) is 1. The molecule has 1 aromatic carbocycles. The molecular weight excluding hydrogens is 344 g/mol. The van der Waals surface area contributed by atoms with Gasteiger partial charge in [0.25, 0.3) is 0 Å². The maximum absolute atomic E-state index is 6.08. The summed E-state index contributed by atoms with van der Waals surface area (Å²) in [5, 5.41) is 4.33. The average molecular weight is 369 g/mol. The van der Waals surface area contributed by atoms with Gasteiger partial charge in [-0.25, -0.2) is 4.98 Å². The number of rotatable bonds is 3. The number of benzene rings is 1. The maximum atomic E-state index is 6.08. The molecular formula is C21H25ClN4. The highest BCUT2D eigenvalue weighted by atomic mass is 35.5. The third-order valence-electron chi connectivity index (χ3n) is 5.61. The zero-order valence-corrected chi connectivity index (χ0v) is 14.8. The number of hydrogen-bond donors (Lipinski definition) is 1. The Morgan fingerprint density at radius 2 is 1.77 bits per heavy atom. The van der Waals surface area contributed by atoms with Crippen molar-refractivity contribution in [2.75, 3.05) is 13.1 Å². The molecule has 5 heteroatoms. The summed E-state index contributed by atoms with van der Waals surface area (Å²) >= 11 is 6.08. The van der Waals surface area contributed by atoms with Crippen LogP contribution in [0.15, 0.2) is 48.7 Å². The van der Waals surface area contributed by atoms with E-state index in [1.165, 1.54) is 18.5 Å². The molecule has 3 aromatic rings. The molecule has 4 heterocycles. The van der Waals surface area contributed by atoms with Crippen LogP contribution in [-0.4, -0.2) is 39.5 Å². The number of hydrogen-bond acceptors (Lipinski definition) is 3. The van der Waals surface area contributed by atoms with Crippen LogP contribution in [-0.2, 0) is 6.54 Å². The van der Waals surface area contributed by atoms with E-state index in [9.17, 15) is 0 Å². The van der Waals surface area contributed by atoms with Crippen molar-refractivity contribution >= 4 is 17.2 Å². The lowest BCUT2D eigenvalue weighted by molar-refractivity contribution is 0.143. The van der Waals surface area contributed by atoms with Gasteiger partial charge in [-0.3, -0.25) is 4.90 Å². The van der Waals surface area contributed by atoms with Crippen LogP contribution in [0.1, 0.15) is 26.0 Å². The van der Waals surface area contributed by atoms with E-state index in [0.29, 0.717) is 12.1 Å². The molecule has 1 N–H and O–H groups in total. The molecule has 0 aliphatic carbocycles. The Balaban J connectivity index is 0.00000168. The molecule has 2 bridgehead atoms. The first-order chi connectivity index (χ1) is 12.3. The van der Waals surface area contributed by atoms with Crippen LogP contribution in [0.4, 0.5) is 0 Å². The molecule has 2 atom stereocenters. The van der Waals surface area contributed by atoms with Crippen molar-refractivity contribution in [3.63, 3.8) is 0 Å². The quantitative estimate of drug-likeness (QED) is 0.751. The van der Waals surface area contributed by atoms with Gasteiger partial charge in [0, 0.05) is 48.5 Å². The second-order valence-electron chi connectivity index (χ2n) is 7.06. The second-order valence-corrected chi connectivity index (χ2v) is 7.49. The first-order valence-electron chi connectivity index (χ1n) is 8.98. The lowest BCUT2D eigenvalue weighted by Gasteiger charge is -2.35. The summed E-state index contributed by atoms with van der Waals surface area (Å²) in [7, 11) is 0. The number of imidazole rings is 1. The molecule has 4 nitrogen and oxygen atoms in total. The van der Waals surface area contributed by atoms with Gasteiger partial charge >= 0.3 is 0 Å². The Labute approximate surface area is 159 Å². The lowest BCUT2D eigenvalue weighted by Crippen LogP contribution is -2.51. The predicted molar refractivity (Wildman–Crippen MR) is 108 cm³/mol. The Hall–Kier alpha value is -1.88. The predicted octanol–water partition coefficient (Wildman–Crippen LogP) is 4.23. The molecule has 2 aromatic heterocycles. The smallest absolute Gasteiger partial charge is 0.137 e. The van der Waals surface area contributed by atoms with Gasteiger partial charge in [-0.1, -0.05) is 37.2 Å². The van der Waals surface area contributed by atoms with Crippen molar-refractivity contribution in [3.8, 4) is 11.3 Å². The number of pyridine rings is 1. The Kier molecular flexibility index (Phi) is 4.74. The number of halogens is 1. The fourth-order valence-corrected chi connectivity index (χ4v) is 4.46. The van der Waals surface area contributed by atoms with Crippen LogP contribution in [0.5, 0.6) is 0 Å². The topological polar surface area (TPSA) is 32.6 Å². The number of nitrogens with zero attached hydrogens (tertiary/aromatic N) is 3. The Morgan fingerprint density at radius 3 is 2.50 bits per heavy atom. The normalized spacial score (nSPS) is 22.5. The van der Waals surface area contributed by atoms with Crippen molar-refractivity contribution in [1.82, 2.24) is 19.6 Å². The fraction of sp³-hybridized carbons (Fsp3) is 0.381. The first kappa shape index (κ1) is 17.5. The van der Waals surface area contributed by atoms with Crippen LogP contribution >= 0.6 is 11.6 Å². The zero-order chi connectivity index (χ0) is 16.8. The summed E-state index contributed by atoms with van der Waals surface area (Å²) < 4.78 is 2.24. The van der Waals surface area contributed by atoms with E-state index in [2.05, 4.69) is 45.1 Å². The summed E-state index contributed by atoms with van der Waals surface area (Å²) in [6, 6.07) is 15.5. The van der Waals surface area contributed by atoms with E-state index < -0.39 is 0 Å². The molecule has 0 spiro atoms. The van der Waals surface area contributed by atoms with E-state index in [1.807, 2.05) is 18.2 Å². The molecule has 0 amide bonds. The first-order valence-corrected chi connectivity index (χ1v) is 9.36. The highest BCUT2D eigenvalue weighted by molar-refractivity contribution is 6.30. The van der Waals surface area contributed by atoms with E-state index in [1.54, 1.807) is 0 Å². The van der Waals surface area contributed by atoms with E-state index in [0.717, 1.165) is 41.6 Å². The van der Waals surface area contributed by atoms with E-state index >= 15 is 0 Å². The van der Waals surface area contributed by atoms with E-state index in [4.69, 9.17) is 16.6 Å². The van der Waals surface area contributed by atoms with Gasteiger partial charge < -0.3 is 9.72 Å². The van der Waals surface area contributed by atoms with Crippen LogP contribution in [0.2, 0.25) is 5.02 Å². The number of piperazine rings is 1. The zero-order valence-electron chi connectivity index (χ0n) is 14.0. The minimum Gasteiger partial charge on any atom is -0.314 e. The van der Waals surface area contributed by atoms with Gasteiger partial charge in [-0.15, -0.1) is 0 Å². The van der Waals surface area contributed by atoms with Gasteiger partial charge in [0.2, 0.25) is 0 Å². The second kappa shape index (κ2) is 7.03. The summed E-state index contributed by atoms with van der Waals surface area (Å²) in [5.74, 6) is 0. The van der Waals surface area contributed by atoms with Crippen molar-refractivity contribution in [1.29, 1.82) is 0 Å². The number of aromatic nitrogens is 2. The third kappa shape index (κ3) is 2.92. The average Bonchev–Trinajstić information content (AvgIpc) is 3.09. The van der Waals surface area contributed by atoms with Crippen molar-refractivity contribution in [2.45, 2.75) is 38.9 Å². The molecule has 2 aliphatic rings. The highest BCUT2D eigenvalue weighted by Gasteiger charge is 2.37. The van der Waals surface area contributed by atoms with Gasteiger partial charge in [0.15, 0.2) is 0 Å². The lowest BCUT2D eigenvalue weighted by atomic mass is 10.1. The Bertz CT molecular complexity index is 886. The molecule has 0 radical (unpaired) electrons. The van der Waals surface area contributed by atoms with Crippen molar-refractivity contribution in [3.05, 3.63) is 59.4 Å². The Morgan fingerprint density at radius 1 is 1.04 bits per heavy atom. The SMILES string of the molecule is C.Clc1ccc(-c2nc3ccccn3c2CN2C3CCC2CNC3)cc1. The largest absolute Gasteiger partial charge is 0.314 e. The van der Waals surface area contributed by atoms with Crippen LogP contribution < -0.4 is 5.32 Å². The van der Waals surface area contributed by atoms with Gasteiger partial charge in [0.05, 0.1) is 11.4 Å². The standard InChI is InChI=1S/C20H21ClN4.CH4/c21-15-6-4-14(5-7-15)20-18(24-10-2-1-3-19(24)23-20)13-25-16-8-9-17(25)12-22-11-16;/h1-7,10,16-17,22H,8-9,11-13H2;1H4. The van der Waals surface area contributed by atoms with Crippen LogP contribution in [0, 0.1) is 0 Å². The van der Waals surface area contributed by atoms with Crippen molar-refractivity contribution < 1.29 is 0 Å². The monoisotopic (exact) mass is 368 g/mol. The summed E-state index contributed by atoms with van der Waals surface area (Å²) in [6.07, 6.45) is 4.72. The third-order valence-corrected chi connectivity index (χ3v) is 5.86. The molecule has 136 valence electrons. The van der Waals surface area contributed by atoms with Crippen LogP contribution in [0.3, 0.4) is 0 Å². The highest BCUT2D eigenvalue weighted by Crippen LogP contribution is 2.32. The summed E-state index contributed by atoms with van der Waals surface area (Å²) in [6.45, 7) is 3.15. The molecule has 0 saturated carbocycles. The van der Waals surface area contributed by atoms with Crippen molar-refractivity contribution in [2.24, 2.45) is 0 Å². The molecule has 2 fully saturated rings. The summed E-state index contributed by atoms with van der Waals surface area (Å²) in [4.78, 5) is 7.60. The molecule has 2 unspecified atom stereocenters. The molecule has 5 rings (SSSR count). The number of fused-ring (bicyclic) bond motifs is 3. The summed E-state index contributed by atoms with van der Waals surface area (Å²) in [5.41, 5.74) is 4.48. The van der Waals surface area contributed by atoms with Gasteiger partial charge in [-0.2, -0.15) is 0 Å². The minimum atomic E-state index is 0. The minimum absolute atomic E-state index is 0. The van der Waals surface area contributed by atoms with Crippen LogP contribution in [0.25, 0.3) is 16.9 Å². The van der Waals surface area contributed by atoms with Gasteiger partial charge in [0.1, 0.15) is 5.65 Å². The molecule has 2 saturated heterocycles. The fourth-order valence-electron chi connectivity index (χ4n) is 4.34. The van der Waals surface area contributed by atoms with Gasteiger partial charge in [-0.05, 0) is 37.1 Å². The maximum Gasteiger partial charge on any atom is 0.137 e.